The van der Waals surface area contributed by atoms with E-state index in [0.29, 0.717) is 23.9 Å². The Morgan fingerprint density at radius 2 is 2.07 bits per heavy atom. The monoisotopic (exact) mass is 412 g/mol. The number of amides is 1. The first-order valence-electron chi connectivity index (χ1n) is 9.37. The van der Waals surface area contributed by atoms with Crippen molar-refractivity contribution in [1.29, 1.82) is 0 Å². The van der Waals surface area contributed by atoms with Crippen molar-refractivity contribution in [2.24, 2.45) is 5.92 Å². The fraction of sp³-hybridized carbons (Fsp3) is 0.556. The minimum atomic E-state index is -4.76. The molecule has 2 heterocycles. The highest BCUT2D eigenvalue weighted by atomic mass is 19.4. The van der Waals surface area contributed by atoms with Gasteiger partial charge in [-0.25, -0.2) is 4.68 Å². The third kappa shape index (κ3) is 6.70. The van der Waals surface area contributed by atoms with E-state index < -0.39 is 6.36 Å². The quantitative estimate of drug-likeness (QED) is 0.750. The van der Waals surface area contributed by atoms with Gasteiger partial charge >= 0.3 is 6.36 Å². The van der Waals surface area contributed by atoms with Gasteiger partial charge in [0.05, 0.1) is 6.54 Å². The lowest BCUT2D eigenvalue weighted by Crippen LogP contribution is -2.34. The van der Waals surface area contributed by atoms with Gasteiger partial charge in [-0.2, -0.15) is 0 Å². The van der Waals surface area contributed by atoms with Crippen LogP contribution in [0.1, 0.15) is 31.2 Å². The number of halogens is 3. The molecule has 1 N–H and O–H groups in total. The summed E-state index contributed by atoms with van der Waals surface area (Å²) >= 11 is 0. The van der Waals surface area contributed by atoms with Crippen molar-refractivity contribution in [1.82, 2.24) is 30.4 Å². The summed E-state index contributed by atoms with van der Waals surface area (Å²) in [6.45, 7) is 4.74. The third-order valence-corrected chi connectivity index (χ3v) is 4.76. The number of carbonyl (C=O) groups is 1. The Labute approximate surface area is 166 Å². The van der Waals surface area contributed by atoms with E-state index in [1.54, 1.807) is 6.07 Å². The molecule has 1 aromatic carbocycles. The first kappa shape index (κ1) is 21.0. The number of ether oxygens (including phenoxy) is 1. The molecule has 0 radical (unpaired) electrons. The molecule has 1 aliphatic heterocycles. The number of benzene rings is 1. The van der Waals surface area contributed by atoms with Crippen LogP contribution in [0.15, 0.2) is 24.3 Å². The minimum Gasteiger partial charge on any atom is -0.406 e. The van der Waals surface area contributed by atoms with Crippen LogP contribution in [-0.4, -0.2) is 50.5 Å². The number of carbonyl (C=O) groups excluding carboxylic acids is 1. The Balaban J connectivity index is 1.50. The topological polar surface area (TPSA) is 85.2 Å². The zero-order valence-electron chi connectivity index (χ0n) is 16.0. The molecule has 1 aliphatic rings. The lowest BCUT2D eigenvalue weighted by Gasteiger charge is -2.29. The molecule has 3 rings (SSSR count). The number of rotatable bonds is 7. The predicted molar refractivity (Wildman–Crippen MR) is 96.5 cm³/mol. The maximum Gasteiger partial charge on any atom is 0.573 e. The summed E-state index contributed by atoms with van der Waals surface area (Å²) in [5.41, 5.74) is 0.486. The molecule has 8 nitrogen and oxygen atoms in total. The average Bonchev–Trinajstić information content (AvgIpc) is 3.07. The van der Waals surface area contributed by atoms with Crippen LogP contribution in [0.25, 0.3) is 0 Å². The van der Waals surface area contributed by atoms with Crippen LogP contribution in [0.4, 0.5) is 13.2 Å². The largest absolute Gasteiger partial charge is 0.573 e. The molecular weight excluding hydrogens is 389 g/mol. The van der Waals surface area contributed by atoms with Gasteiger partial charge in [-0.05, 0) is 60.0 Å². The van der Waals surface area contributed by atoms with Crippen LogP contribution >= 0.6 is 0 Å². The fourth-order valence-electron chi connectivity index (χ4n) is 3.12. The smallest absolute Gasteiger partial charge is 0.406 e. The van der Waals surface area contributed by atoms with Crippen molar-refractivity contribution in [3.63, 3.8) is 0 Å². The predicted octanol–water partition coefficient (Wildman–Crippen LogP) is 2.12. The van der Waals surface area contributed by atoms with Crippen molar-refractivity contribution in [2.75, 3.05) is 13.1 Å². The van der Waals surface area contributed by atoms with Gasteiger partial charge in [0.2, 0.25) is 5.91 Å². The number of tetrazole rings is 1. The second-order valence-electron chi connectivity index (χ2n) is 7.18. The fourth-order valence-corrected chi connectivity index (χ4v) is 3.12. The molecule has 1 amide bonds. The summed E-state index contributed by atoms with van der Waals surface area (Å²) in [6, 6.07) is 5.46. The van der Waals surface area contributed by atoms with Gasteiger partial charge in [0.25, 0.3) is 0 Å². The lowest BCUT2D eigenvalue weighted by atomic mass is 9.99. The highest BCUT2D eigenvalue weighted by Crippen LogP contribution is 2.23. The first-order chi connectivity index (χ1) is 13.8. The van der Waals surface area contributed by atoms with Crippen molar-refractivity contribution >= 4 is 5.91 Å². The Hall–Kier alpha value is -2.69. The molecule has 0 bridgehead atoms. The van der Waals surface area contributed by atoms with E-state index in [-0.39, 0.29) is 24.7 Å². The Morgan fingerprint density at radius 3 is 2.79 bits per heavy atom. The van der Waals surface area contributed by atoms with Crippen LogP contribution in [0.5, 0.6) is 5.75 Å². The summed E-state index contributed by atoms with van der Waals surface area (Å²) < 4.78 is 42.2. The van der Waals surface area contributed by atoms with E-state index >= 15 is 0 Å². The average molecular weight is 412 g/mol. The van der Waals surface area contributed by atoms with Gasteiger partial charge in [0.15, 0.2) is 5.82 Å². The maximum absolute atomic E-state index is 12.3. The highest BCUT2D eigenvalue weighted by molar-refractivity contribution is 5.75. The van der Waals surface area contributed by atoms with Crippen molar-refractivity contribution in [2.45, 2.75) is 45.8 Å². The van der Waals surface area contributed by atoms with E-state index in [4.69, 9.17) is 0 Å². The van der Waals surface area contributed by atoms with Crippen molar-refractivity contribution < 1.29 is 22.7 Å². The van der Waals surface area contributed by atoms with Gasteiger partial charge in [-0.3, -0.25) is 9.69 Å². The summed E-state index contributed by atoms with van der Waals surface area (Å²) in [7, 11) is 0. The van der Waals surface area contributed by atoms with Gasteiger partial charge in [-0.1, -0.05) is 19.1 Å². The SMILES string of the molecule is CC1CCN(Cc2nnnn2CC(=O)NCc2cccc(OC(F)(F)F)c2)CC1. The Bertz CT molecular complexity index is 818. The number of likely N-dealkylation sites (tertiary alicyclic amines) is 1. The summed E-state index contributed by atoms with van der Waals surface area (Å²) in [5, 5.41) is 14.2. The number of piperidine rings is 1. The Kier molecular flexibility index (Phi) is 6.68. The van der Waals surface area contributed by atoms with Crippen molar-refractivity contribution in [3.05, 3.63) is 35.7 Å². The molecule has 0 atom stereocenters. The van der Waals surface area contributed by atoms with Crippen LogP contribution in [0.2, 0.25) is 0 Å². The molecule has 0 unspecified atom stereocenters. The van der Waals surface area contributed by atoms with Gasteiger partial charge in [0.1, 0.15) is 12.3 Å². The summed E-state index contributed by atoms with van der Waals surface area (Å²) in [5.74, 6) is 0.652. The summed E-state index contributed by atoms with van der Waals surface area (Å²) in [6.07, 6.45) is -2.51. The molecule has 0 saturated carbocycles. The normalized spacial score (nSPS) is 16.0. The van der Waals surface area contributed by atoms with Gasteiger partial charge < -0.3 is 10.1 Å². The molecule has 0 aliphatic carbocycles. The molecular formula is C18H23F3N6O2. The second kappa shape index (κ2) is 9.21. The van der Waals surface area contributed by atoms with Crippen LogP contribution in [0.3, 0.4) is 0 Å². The second-order valence-corrected chi connectivity index (χ2v) is 7.18. The standard InChI is InChI=1S/C18H23F3N6O2/c1-13-5-7-26(8-6-13)11-16-23-24-25-27(16)12-17(28)22-10-14-3-2-4-15(9-14)29-18(19,20)21/h2-4,9,13H,5-8,10-12H2,1H3,(H,22,28). The van der Waals surface area contributed by atoms with E-state index in [0.717, 1.165) is 25.9 Å². The number of alkyl halides is 3. The first-order valence-corrected chi connectivity index (χ1v) is 9.37. The zero-order chi connectivity index (χ0) is 20.9. The lowest BCUT2D eigenvalue weighted by molar-refractivity contribution is -0.274. The Morgan fingerprint density at radius 1 is 1.31 bits per heavy atom. The number of hydrogen-bond donors (Lipinski definition) is 1. The molecule has 1 aromatic heterocycles. The van der Waals surface area contributed by atoms with E-state index in [9.17, 15) is 18.0 Å². The molecule has 158 valence electrons. The molecule has 11 heteroatoms. The van der Waals surface area contributed by atoms with Crippen LogP contribution in [-0.2, 0) is 24.4 Å². The number of aromatic nitrogens is 4. The number of nitrogens with one attached hydrogen (secondary N) is 1. The molecule has 1 saturated heterocycles. The van der Waals surface area contributed by atoms with E-state index in [1.807, 2.05) is 0 Å². The van der Waals surface area contributed by atoms with Gasteiger partial charge in [-0.15, -0.1) is 18.3 Å². The number of nitrogens with zero attached hydrogens (tertiary/aromatic N) is 5. The van der Waals surface area contributed by atoms with Crippen LogP contribution in [0, 0.1) is 5.92 Å². The van der Waals surface area contributed by atoms with E-state index in [1.165, 1.54) is 22.9 Å². The molecule has 1 fully saturated rings. The summed E-state index contributed by atoms with van der Waals surface area (Å²) in [4.78, 5) is 14.5. The molecule has 29 heavy (non-hydrogen) atoms. The minimum absolute atomic E-state index is 0.0642. The van der Waals surface area contributed by atoms with Gasteiger partial charge in [0, 0.05) is 6.54 Å². The molecule has 2 aromatic rings. The van der Waals surface area contributed by atoms with Crippen molar-refractivity contribution in [3.8, 4) is 5.75 Å². The number of hydrogen-bond acceptors (Lipinski definition) is 6. The third-order valence-electron chi connectivity index (χ3n) is 4.76. The van der Waals surface area contributed by atoms with E-state index in [2.05, 4.69) is 37.4 Å². The van der Waals surface area contributed by atoms with Crippen LogP contribution < -0.4 is 10.1 Å². The highest BCUT2D eigenvalue weighted by Gasteiger charge is 2.31. The molecule has 0 spiro atoms. The maximum atomic E-state index is 12.3. The zero-order valence-corrected chi connectivity index (χ0v) is 16.0.